The van der Waals surface area contributed by atoms with Gasteiger partial charge in [-0.25, -0.2) is 0 Å². The number of rotatable bonds is 8. The Balaban J connectivity index is 0.956. The summed E-state index contributed by atoms with van der Waals surface area (Å²) in [5.74, 6) is -3.45. The number of amides is 4. The van der Waals surface area contributed by atoms with E-state index in [1.54, 1.807) is 6.20 Å². The number of imide groups is 2. The molecular weight excluding hydrogens is 1180 g/mol. The van der Waals surface area contributed by atoms with Crippen LogP contribution in [0.5, 0.6) is 0 Å². The van der Waals surface area contributed by atoms with Gasteiger partial charge in [0.1, 0.15) is 0 Å². The lowest BCUT2D eigenvalue weighted by atomic mass is 9.61. The molecule has 21 rings (SSSR count). The van der Waals surface area contributed by atoms with Crippen LogP contribution in [-0.4, -0.2) is 63.2 Å². The Hall–Kier alpha value is -12.6. The topological polar surface area (TPSA) is 204 Å². The molecule has 1 fully saturated rings. The van der Waals surface area contributed by atoms with Gasteiger partial charge < -0.3 is 0 Å². The van der Waals surface area contributed by atoms with E-state index in [9.17, 15) is 14.4 Å². The standard InChI is InChI=1S/C78H40N8O8/c87-71-47-23-43-39-21-41-42(22-40(39)44-24-48-56-52(76(92)84(72(48)88)32-36-15-7-2-8-16-36)28-80-68-64(56)60(44)59(43)63-55(47)51(27-79-67(63)68)75(91)83(71)31-35-13-5-1-6-14-35)46-26-50-58-54(78(94)86(74(50)90)34-38-19-11-4-12-20-38)30-82-70-66(58)62(46)61-45(41)25-49-57-53(29-81-69(70)65(57)61)77(93)85(73(49)89)33-37-17-9-3-10-18-37/h1-30,55,63H,31-34H2. The van der Waals surface area contributed by atoms with Crippen molar-refractivity contribution in [3.63, 3.8) is 0 Å². The number of aliphatic imine (C=N–C) groups is 1. The summed E-state index contributed by atoms with van der Waals surface area (Å²) < 4.78 is 2.50. The minimum Gasteiger partial charge on any atom is -0.270 e. The molecule has 16 nitrogen and oxygen atoms in total. The second kappa shape index (κ2) is 17.7. The minimum absolute atomic E-state index is 0.00710. The largest absolute Gasteiger partial charge is 0.270 e. The molecule has 94 heavy (non-hydrogen) atoms. The summed E-state index contributed by atoms with van der Waals surface area (Å²) in [6.07, 6.45) is 7.98. The molecule has 8 heterocycles. The third-order valence-electron chi connectivity index (χ3n) is 20.9. The maximum absolute atomic E-state index is 15.6. The average Bonchev–Trinajstić information content (AvgIpc) is 0.667. The van der Waals surface area contributed by atoms with Crippen LogP contribution in [-0.2, 0) is 35.8 Å². The van der Waals surface area contributed by atoms with Crippen LogP contribution >= 0.6 is 0 Å². The maximum atomic E-state index is 15.6. The van der Waals surface area contributed by atoms with Crippen LogP contribution in [0.3, 0.4) is 0 Å². The third kappa shape index (κ3) is 6.26. The lowest BCUT2D eigenvalue weighted by Crippen LogP contribution is -2.50. The van der Waals surface area contributed by atoms with Crippen LogP contribution < -0.4 is 22.2 Å². The molecule has 0 N–H and O–H groups in total. The second-order valence-electron chi connectivity index (χ2n) is 25.5. The van der Waals surface area contributed by atoms with E-state index in [1.807, 2.05) is 146 Å². The number of pyridine rings is 5. The van der Waals surface area contributed by atoms with Gasteiger partial charge >= 0.3 is 0 Å². The molecule has 3 aliphatic heterocycles. The summed E-state index contributed by atoms with van der Waals surface area (Å²) >= 11 is 0. The molecule has 0 bridgehead atoms. The van der Waals surface area contributed by atoms with Crippen LogP contribution in [0.25, 0.3) is 125 Å². The summed E-state index contributed by atoms with van der Waals surface area (Å²) in [4.78, 5) is 145. The minimum atomic E-state index is -0.784. The van der Waals surface area contributed by atoms with E-state index < -0.39 is 57.7 Å². The number of likely N-dealkylation sites (tertiary alicyclic amines) is 1. The SMILES string of the molecule is O=C1C2=CN=C3c4ncc5c6c(cc7c8cc9c(cc8c8c(c7c46)C3C2C(=C8)C(=O)N1Cc1ccccc1)c1cc2c(=O)n(Cc3ccccc3)c(=O)c3cnc4c6ncc7c(=O)n(Cc8ccccc8)c(=O)c8cc9c(c1c4c32)c6c78)C(=O)N(Cc1ccccc1)C5=O. The number of nitrogens with zero attached hydrogens (tertiary/aromatic N) is 8. The summed E-state index contributed by atoms with van der Waals surface area (Å²) in [5.41, 5.74) is 5.25. The molecule has 16 heteroatoms. The van der Waals surface area contributed by atoms with E-state index in [-0.39, 0.29) is 58.9 Å². The van der Waals surface area contributed by atoms with Gasteiger partial charge in [-0.15, -0.1) is 0 Å². The monoisotopic (exact) mass is 1220 g/mol. The number of hydrogen-bond donors (Lipinski definition) is 0. The summed E-state index contributed by atoms with van der Waals surface area (Å²) in [6, 6.07) is 47.0. The Labute approximate surface area is 526 Å². The number of carbonyl (C=O) groups is 4. The molecule has 2 unspecified atom stereocenters. The number of aromatic nitrogens is 5. The first-order valence-corrected chi connectivity index (χ1v) is 31.0. The first-order chi connectivity index (χ1) is 46.0. The van der Waals surface area contributed by atoms with Crippen molar-refractivity contribution < 1.29 is 19.2 Å². The van der Waals surface area contributed by atoms with Crippen LogP contribution in [0, 0.1) is 5.92 Å². The van der Waals surface area contributed by atoms with Gasteiger partial charge in [0.25, 0.3) is 45.9 Å². The predicted octanol–water partition coefficient (Wildman–Crippen LogP) is 11.6. The Morgan fingerprint density at radius 1 is 0.340 bits per heavy atom. The smallest absolute Gasteiger partial charge is 0.263 e. The van der Waals surface area contributed by atoms with Crippen molar-refractivity contribution in [2.24, 2.45) is 10.9 Å². The van der Waals surface area contributed by atoms with Crippen molar-refractivity contribution in [1.29, 1.82) is 0 Å². The van der Waals surface area contributed by atoms with Crippen molar-refractivity contribution in [2.45, 2.75) is 32.1 Å². The van der Waals surface area contributed by atoms with E-state index in [1.165, 1.54) is 37.5 Å². The molecular formula is C78H40N8O8. The molecule has 0 saturated carbocycles. The number of hydrogen-bond acceptors (Lipinski definition) is 12. The fraction of sp³-hybridized carbons (Fsp3) is 0.0769. The van der Waals surface area contributed by atoms with Crippen LogP contribution in [0.4, 0.5) is 0 Å². The summed E-state index contributed by atoms with van der Waals surface area (Å²) in [5, 5.41) is 10.2. The fourth-order valence-electron chi connectivity index (χ4n) is 16.9. The van der Waals surface area contributed by atoms with Gasteiger partial charge in [0.05, 0.1) is 65.0 Å². The quantitative estimate of drug-likeness (QED) is 0.0795. The van der Waals surface area contributed by atoms with Gasteiger partial charge in [-0.1, -0.05) is 121 Å². The van der Waals surface area contributed by atoms with Crippen molar-refractivity contribution >= 4 is 154 Å². The zero-order chi connectivity index (χ0) is 62.6. The predicted molar refractivity (Wildman–Crippen MR) is 361 cm³/mol. The van der Waals surface area contributed by atoms with Gasteiger partial charge in [0, 0.05) is 107 Å². The zero-order valence-electron chi connectivity index (χ0n) is 49.1. The summed E-state index contributed by atoms with van der Waals surface area (Å²) in [7, 11) is 0. The van der Waals surface area contributed by atoms with Gasteiger partial charge in [0.15, 0.2) is 0 Å². The Bertz CT molecular complexity index is 6730. The molecule has 440 valence electrons. The maximum Gasteiger partial charge on any atom is 0.263 e. The third-order valence-corrected chi connectivity index (χ3v) is 20.9. The van der Waals surface area contributed by atoms with Crippen molar-refractivity contribution in [3.8, 4) is 0 Å². The van der Waals surface area contributed by atoms with Crippen LogP contribution in [0.2, 0.25) is 0 Å². The van der Waals surface area contributed by atoms with Gasteiger partial charge in [-0.2, -0.15) is 0 Å². The highest BCUT2D eigenvalue weighted by atomic mass is 16.2. The Morgan fingerprint density at radius 2 is 0.787 bits per heavy atom. The van der Waals surface area contributed by atoms with Crippen LogP contribution in [0.1, 0.15) is 65.7 Å². The van der Waals surface area contributed by atoms with E-state index in [4.69, 9.17) is 19.9 Å². The fourth-order valence-corrected chi connectivity index (χ4v) is 16.9. The molecule has 2 atom stereocenters. The first-order valence-electron chi connectivity index (χ1n) is 31.0. The molecule has 5 aromatic heterocycles. The number of benzene rings is 11. The number of carbonyl (C=O) groups excluding carboxylic acids is 4. The van der Waals surface area contributed by atoms with E-state index in [2.05, 4.69) is 12.1 Å². The molecule has 1 saturated heterocycles. The number of piperidine rings is 1. The summed E-state index contributed by atoms with van der Waals surface area (Å²) in [6.45, 7) is -0.0202. The molecule has 11 aromatic carbocycles. The van der Waals surface area contributed by atoms with Crippen molar-refractivity contribution in [1.82, 2.24) is 33.9 Å². The lowest BCUT2D eigenvalue weighted by Gasteiger charge is -2.45. The number of fused-ring (bicyclic) bond motifs is 8. The van der Waals surface area contributed by atoms with Gasteiger partial charge in [0.2, 0.25) is 0 Å². The molecule has 16 aromatic rings. The van der Waals surface area contributed by atoms with Crippen molar-refractivity contribution in [2.75, 3.05) is 0 Å². The van der Waals surface area contributed by atoms with E-state index in [0.717, 1.165) is 27.8 Å². The van der Waals surface area contributed by atoms with E-state index in [0.29, 0.717) is 125 Å². The Kier molecular flexibility index (Phi) is 9.63. The van der Waals surface area contributed by atoms with Crippen LogP contribution in [0.15, 0.2) is 212 Å². The normalized spacial score (nSPS) is 16.7. The van der Waals surface area contributed by atoms with Crippen molar-refractivity contribution in [3.05, 3.63) is 279 Å². The molecule has 0 radical (unpaired) electrons. The molecule has 4 amide bonds. The highest BCUT2D eigenvalue weighted by Crippen LogP contribution is 2.59. The highest BCUT2D eigenvalue weighted by molar-refractivity contribution is 6.49. The molecule has 2 aliphatic carbocycles. The lowest BCUT2D eigenvalue weighted by molar-refractivity contribution is -0.143. The highest BCUT2D eigenvalue weighted by Gasteiger charge is 2.53. The first kappa shape index (κ1) is 51.2. The molecule has 5 aliphatic rings. The van der Waals surface area contributed by atoms with Gasteiger partial charge in [-0.3, -0.25) is 77.2 Å². The van der Waals surface area contributed by atoms with Gasteiger partial charge in [-0.05, 0) is 113 Å². The second-order valence-corrected chi connectivity index (χ2v) is 25.5. The van der Waals surface area contributed by atoms with E-state index >= 15 is 24.0 Å². The molecule has 0 spiro atoms. The average molecular weight is 1220 g/mol. The Morgan fingerprint density at radius 3 is 1.33 bits per heavy atom. The zero-order valence-corrected chi connectivity index (χ0v) is 49.1.